The number of rotatable bonds is 8. The molecule has 1 atom stereocenters. The Kier molecular flexibility index (Phi) is 6.18. The summed E-state index contributed by atoms with van der Waals surface area (Å²) in [6, 6.07) is 18.0. The van der Waals surface area contributed by atoms with Gasteiger partial charge in [-0.25, -0.2) is 0 Å². The van der Waals surface area contributed by atoms with E-state index in [1.54, 1.807) is 31.2 Å². The molecule has 2 aromatic carbocycles. The van der Waals surface area contributed by atoms with Crippen LogP contribution in [0.25, 0.3) is 11.0 Å². The molecular formula is C23H23N5O4. The van der Waals surface area contributed by atoms with Crippen molar-refractivity contribution in [3.63, 3.8) is 0 Å². The van der Waals surface area contributed by atoms with E-state index in [0.29, 0.717) is 22.5 Å². The Balaban J connectivity index is 1.52. The molecule has 0 radical (unpaired) electrons. The molecular weight excluding hydrogens is 410 g/mol. The fraction of sp³-hybridized carbons (Fsp3) is 0.174. The summed E-state index contributed by atoms with van der Waals surface area (Å²) in [5.41, 5.74) is 7.79. The Labute approximate surface area is 183 Å². The first-order valence-electron chi connectivity index (χ1n) is 10.1. The molecule has 9 heteroatoms. The van der Waals surface area contributed by atoms with Gasteiger partial charge >= 0.3 is 0 Å². The molecule has 0 aliphatic heterocycles. The standard InChI is InChI=1S/C23H23N5O4/c1-2-31-23(21(29)25-14-15-10-11-17-19(13-15)32-27-20(17)24)28-12-6-9-18(22(28)30)26-16-7-4-3-5-8-16/h3-13,23,26H,2,14H2,1H3,(H2,24,27)(H,25,29)/t23-/m0/s1. The van der Waals surface area contributed by atoms with Crippen molar-refractivity contribution in [3.05, 3.63) is 82.8 Å². The lowest BCUT2D eigenvalue weighted by molar-refractivity contribution is -0.139. The molecule has 0 fully saturated rings. The van der Waals surface area contributed by atoms with Gasteiger partial charge in [-0.3, -0.25) is 14.2 Å². The van der Waals surface area contributed by atoms with Crippen LogP contribution < -0.4 is 21.9 Å². The molecule has 164 valence electrons. The van der Waals surface area contributed by atoms with Gasteiger partial charge in [-0.05, 0) is 48.9 Å². The molecule has 32 heavy (non-hydrogen) atoms. The lowest BCUT2D eigenvalue weighted by Crippen LogP contribution is -2.38. The molecule has 4 aromatic rings. The van der Waals surface area contributed by atoms with Crippen LogP contribution in [0.15, 0.2) is 76.2 Å². The summed E-state index contributed by atoms with van der Waals surface area (Å²) < 4.78 is 12.0. The van der Waals surface area contributed by atoms with E-state index in [0.717, 1.165) is 11.3 Å². The predicted molar refractivity (Wildman–Crippen MR) is 121 cm³/mol. The van der Waals surface area contributed by atoms with Crippen molar-refractivity contribution in [1.82, 2.24) is 15.0 Å². The van der Waals surface area contributed by atoms with Gasteiger partial charge < -0.3 is 25.6 Å². The van der Waals surface area contributed by atoms with E-state index in [4.69, 9.17) is 15.0 Å². The third-order valence-electron chi connectivity index (χ3n) is 4.86. The summed E-state index contributed by atoms with van der Waals surface area (Å²) in [6.45, 7) is 2.24. The molecule has 0 aliphatic rings. The third-order valence-corrected chi connectivity index (χ3v) is 4.86. The molecule has 0 bridgehead atoms. The zero-order valence-corrected chi connectivity index (χ0v) is 17.4. The van der Waals surface area contributed by atoms with Crippen molar-refractivity contribution >= 4 is 34.1 Å². The van der Waals surface area contributed by atoms with Gasteiger partial charge in [0.2, 0.25) is 6.23 Å². The first kappa shape index (κ1) is 21.1. The Morgan fingerprint density at radius 3 is 2.78 bits per heavy atom. The number of nitrogens with zero attached hydrogens (tertiary/aromatic N) is 2. The second kappa shape index (κ2) is 9.36. The molecule has 1 amide bonds. The first-order chi connectivity index (χ1) is 15.6. The number of hydrogen-bond donors (Lipinski definition) is 3. The monoisotopic (exact) mass is 433 g/mol. The minimum absolute atomic E-state index is 0.218. The Hall–Kier alpha value is -4.11. The van der Waals surface area contributed by atoms with E-state index in [-0.39, 0.29) is 18.7 Å². The van der Waals surface area contributed by atoms with Crippen molar-refractivity contribution in [2.24, 2.45) is 0 Å². The maximum absolute atomic E-state index is 13.0. The second-order valence-corrected chi connectivity index (χ2v) is 7.05. The van der Waals surface area contributed by atoms with Crippen LogP contribution >= 0.6 is 0 Å². The zero-order valence-electron chi connectivity index (χ0n) is 17.4. The fourth-order valence-electron chi connectivity index (χ4n) is 3.29. The molecule has 9 nitrogen and oxygen atoms in total. The number of para-hydroxylation sites is 1. The summed E-state index contributed by atoms with van der Waals surface area (Å²) in [6.07, 6.45) is 0.413. The van der Waals surface area contributed by atoms with Gasteiger partial charge in [-0.15, -0.1) is 0 Å². The molecule has 4 N–H and O–H groups in total. The van der Waals surface area contributed by atoms with Gasteiger partial charge in [-0.1, -0.05) is 29.4 Å². The number of fused-ring (bicyclic) bond motifs is 1. The minimum Gasteiger partial charge on any atom is -0.380 e. The largest absolute Gasteiger partial charge is 0.380 e. The number of hydrogen-bond acceptors (Lipinski definition) is 7. The molecule has 0 saturated carbocycles. The minimum atomic E-state index is -1.12. The number of ether oxygens (including phenoxy) is 1. The zero-order chi connectivity index (χ0) is 22.5. The molecule has 0 spiro atoms. The number of carbonyl (C=O) groups excluding carboxylic acids is 1. The number of carbonyl (C=O) groups is 1. The SMILES string of the molecule is CCO[C@@H](C(=O)NCc1ccc2c(N)noc2c1)n1cccc(Nc2ccccc2)c1=O. The Morgan fingerprint density at radius 2 is 2.00 bits per heavy atom. The number of anilines is 3. The van der Waals surface area contributed by atoms with Crippen LogP contribution in [-0.4, -0.2) is 22.2 Å². The highest BCUT2D eigenvalue weighted by molar-refractivity contribution is 5.87. The number of nitrogen functional groups attached to an aromatic ring is 1. The van der Waals surface area contributed by atoms with E-state index in [1.165, 1.54) is 10.8 Å². The summed E-state index contributed by atoms with van der Waals surface area (Å²) in [5, 5.41) is 10.3. The summed E-state index contributed by atoms with van der Waals surface area (Å²) >= 11 is 0. The molecule has 4 rings (SSSR count). The van der Waals surface area contributed by atoms with E-state index in [2.05, 4.69) is 15.8 Å². The average molecular weight is 433 g/mol. The van der Waals surface area contributed by atoms with E-state index < -0.39 is 12.1 Å². The van der Waals surface area contributed by atoms with Crippen molar-refractivity contribution in [3.8, 4) is 0 Å². The van der Waals surface area contributed by atoms with Gasteiger partial charge in [0.15, 0.2) is 11.4 Å². The highest BCUT2D eigenvalue weighted by Gasteiger charge is 2.22. The van der Waals surface area contributed by atoms with Crippen molar-refractivity contribution in [2.45, 2.75) is 19.7 Å². The molecule has 2 heterocycles. The van der Waals surface area contributed by atoms with Crippen molar-refractivity contribution in [2.75, 3.05) is 17.7 Å². The van der Waals surface area contributed by atoms with Gasteiger partial charge in [0, 0.05) is 25.0 Å². The predicted octanol–water partition coefficient (Wildman–Crippen LogP) is 3.17. The Morgan fingerprint density at radius 1 is 1.19 bits per heavy atom. The quantitative estimate of drug-likeness (QED) is 0.390. The lowest BCUT2D eigenvalue weighted by Gasteiger charge is -2.20. The number of benzene rings is 2. The third kappa shape index (κ3) is 4.47. The molecule has 0 unspecified atom stereocenters. The Bertz CT molecular complexity index is 1280. The second-order valence-electron chi connectivity index (χ2n) is 7.05. The van der Waals surface area contributed by atoms with Gasteiger partial charge in [-0.2, -0.15) is 0 Å². The van der Waals surface area contributed by atoms with E-state index >= 15 is 0 Å². The normalized spacial score (nSPS) is 11.9. The fourth-order valence-corrected chi connectivity index (χ4v) is 3.29. The summed E-state index contributed by atoms with van der Waals surface area (Å²) in [4.78, 5) is 26.0. The number of nitrogens with one attached hydrogen (secondary N) is 2. The molecule has 2 aromatic heterocycles. The van der Waals surface area contributed by atoms with Crippen molar-refractivity contribution in [1.29, 1.82) is 0 Å². The lowest BCUT2D eigenvalue weighted by atomic mass is 10.1. The van der Waals surface area contributed by atoms with Crippen molar-refractivity contribution < 1.29 is 14.1 Å². The highest BCUT2D eigenvalue weighted by atomic mass is 16.5. The number of nitrogens with two attached hydrogens (primary N) is 1. The van der Waals surface area contributed by atoms with Crippen LogP contribution in [0.5, 0.6) is 0 Å². The number of amides is 1. The van der Waals surface area contributed by atoms with Gasteiger partial charge in [0.1, 0.15) is 5.69 Å². The van der Waals surface area contributed by atoms with Crippen LogP contribution in [-0.2, 0) is 16.1 Å². The maximum Gasteiger partial charge on any atom is 0.276 e. The molecule has 0 aliphatic carbocycles. The first-order valence-corrected chi connectivity index (χ1v) is 10.1. The van der Waals surface area contributed by atoms with Crippen LogP contribution in [0, 0.1) is 0 Å². The smallest absolute Gasteiger partial charge is 0.276 e. The van der Waals surface area contributed by atoms with Gasteiger partial charge in [0.05, 0.1) is 5.39 Å². The van der Waals surface area contributed by atoms with Crippen LogP contribution in [0.1, 0.15) is 18.7 Å². The number of pyridine rings is 1. The maximum atomic E-state index is 13.0. The summed E-state index contributed by atoms with van der Waals surface area (Å²) in [5.74, 6) is -0.127. The van der Waals surface area contributed by atoms with E-state index in [9.17, 15) is 9.59 Å². The highest BCUT2D eigenvalue weighted by Crippen LogP contribution is 2.21. The topological polar surface area (TPSA) is 124 Å². The van der Waals surface area contributed by atoms with Crippen LogP contribution in [0.4, 0.5) is 17.2 Å². The summed E-state index contributed by atoms with van der Waals surface area (Å²) in [7, 11) is 0. The van der Waals surface area contributed by atoms with Gasteiger partial charge in [0.25, 0.3) is 11.5 Å². The average Bonchev–Trinajstić information content (AvgIpc) is 3.18. The molecule has 0 saturated heterocycles. The van der Waals surface area contributed by atoms with Crippen LogP contribution in [0.2, 0.25) is 0 Å². The van der Waals surface area contributed by atoms with Crippen LogP contribution in [0.3, 0.4) is 0 Å². The van der Waals surface area contributed by atoms with E-state index in [1.807, 2.05) is 36.4 Å². The number of aromatic nitrogens is 2.